The third-order valence-corrected chi connectivity index (χ3v) is 4.34. The molecule has 1 atom stereocenters. The van der Waals surface area contributed by atoms with E-state index in [1.54, 1.807) is 0 Å². The first-order valence-corrected chi connectivity index (χ1v) is 6.92. The molecule has 0 amide bonds. The summed E-state index contributed by atoms with van der Waals surface area (Å²) in [6.07, 6.45) is 0. The average Bonchev–Trinajstić information content (AvgIpc) is 2.24. The van der Waals surface area contributed by atoms with Gasteiger partial charge in [0, 0.05) is 12.1 Å². The summed E-state index contributed by atoms with van der Waals surface area (Å²) >= 11 is 0. The average molecular weight is 219 g/mol. The molecule has 0 bridgehead atoms. The van der Waals surface area contributed by atoms with E-state index in [4.69, 9.17) is 0 Å². The van der Waals surface area contributed by atoms with Crippen LogP contribution in [-0.2, 0) is 9.84 Å². The van der Waals surface area contributed by atoms with Crippen LogP contribution in [0.5, 0.6) is 0 Å². The molecule has 0 aliphatic carbocycles. The Bertz CT molecular complexity index is 301. The van der Waals surface area contributed by atoms with Crippen LogP contribution >= 0.6 is 0 Å². The molecule has 84 valence electrons. The van der Waals surface area contributed by atoms with Crippen LogP contribution < -0.4 is 0 Å². The molecular weight excluding hydrogens is 198 g/mol. The third-order valence-electron chi connectivity index (χ3n) is 2.82. The summed E-state index contributed by atoms with van der Waals surface area (Å²) in [6, 6.07) is 0.462. The van der Waals surface area contributed by atoms with E-state index >= 15 is 0 Å². The lowest BCUT2D eigenvalue weighted by molar-refractivity contribution is 0.119. The molecule has 0 spiro atoms. The second-order valence-electron chi connectivity index (χ2n) is 5.53. The molecule has 14 heavy (non-hydrogen) atoms. The van der Waals surface area contributed by atoms with Crippen molar-refractivity contribution in [2.24, 2.45) is 5.41 Å². The van der Waals surface area contributed by atoms with Gasteiger partial charge in [-0.15, -0.1) is 0 Å². The zero-order valence-corrected chi connectivity index (χ0v) is 10.6. The van der Waals surface area contributed by atoms with E-state index in [0.717, 1.165) is 0 Å². The Kier molecular flexibility index (Phi) is 2.99. The molecule has 3 nitrogen and oxygen atoms in total. The third kappa shape index (κ3) is 2.48. The van der Waals surface area contributed by atoms with Gasteiger partial charge in [-0.25, -0.2) is 8.42 Å². The Hall–Kier alpha value is -0.0900. The normalized spacial score (nSPS) is 28.6. The monoisotopic (exact) mass is 219 g/mol. The molecule has 1 unspecified atom stereocenters. The van der Waals surface area contributed by atoms with E-state index in [1.165, 1.54) is 0 Å². The van der Waals surface area contributed by atoms with Crippen molar-refractivity contribution in [3.63, 3.8) is 0 Å². The van der Waals surface area contributed by atoms with Crippen LogP contribution in [0.1, 0.15) is 34.6 Å². The van der Waals surface area contributed by atoms with Gasteiger partial charge >= 0.3 is 0 Å². The zero-order valence-electron chi connectivity index (χ0n) is 9.74. The van der Waals surface area contributed by atoms with Crippen LogP contribution in [0.25, 0.3) is 0 Å². The highest BCUT2D eigenvalue weighted by atomic mass is 32.2. The molecular formula is C10H21NO2S. The van der Waals surface area contributed by atoms with Gasteiger partial charge in [0.05, 0.1) is 5.75 Å². The highest BCUT2D eigenvalue weighted by molar-refractivity contribution is 7.91. The quantitative estimate of drug-likeness (QED) is 0.670. The minimum atomic E-state index is -2.85. The molecule has 1 aliphatic heterocycles. The molecule has 0 radical (unpaired) electrons. The number of hydrogen-bond acceptors (Lipinski definition) is 3. The Balaban J connectivity index is 2.95. The predicted molar refractivity (Wildman–Crippen MR) is 58.9 cm³/mol. The maximum Gasteiger partial charge on any atom is 0.165 e. The van der Waals surface area contributed by atoms with Gasteiger partial charge in [0.15, 0.2) is 9.84 Å². The Morgan fingerprint density at radius 1 is 1.29 bits per heavy atom. The fourth-order valence-electron chi connectivity index (χ4n) is 1.96. The zero-order chi connectivity index (χ0) is 11.1. The molecule has 1 fully saturated rings. The van der Waals surface area contributed by atoms with Crippen LogP contribution in [0.4, 0.5) is 0 Å². The van der Waals surface area contributed by atoms with Crippen molar-refractivity contribution in [3.05, 3.63) is 0 Å². The summed E-state index contributed by atoms with van der Waals surface area (Å²) in [7, 11) is -2.85. The Morgan fingerprint density at radius 3 is 2.07 bits per heavy atom. The van der Waals surface area contributed by atoms with E-state index in [-0.39, 0.29) is 17.3 Å². The first-order chi connectivity index (χ1) is 6.13. The highest BCUT2D eigenvalue weighted by Crippen LogP contribution is 2.32. The maximum atomic E-state index is 11.6. The van der Waals surface area contributed by atoms with Crippen LogP contribution in [0.15, 0.2) is 0 Å². The second-order valence-corrected chi connectivity index (χ2v) is 7.61. The van der Waals surface area contributed by atoms with Gasteiger partial charge in [0.25, 0.3) is 0 Å². The van der Waals surface area contributed by atoms with Crippen molar-refractivity contribution >= 4 is 9.84 Å². The summed E-state index contributed by atoms with van der Waals surface area (Å²) < 4.78 is 23.1. The molecule has 1 rings (SSSR count). The van der Waals surface area contributed by atoms with Gasteiger partial charge in [-0.2, -0.15) is 0 Å². The van der Waals surface area contributed by atoms with Crippen molar-refractivity contribution in [3.8, 4) is 0 Å². The van der Waals surface area contributed by atoms with Gasteiger partial charge in [0.1, 0.15) is 5.88 Å². The predicted octanol–water partition coefficient (Wildman–Crippen LogP) is 1.50. The van der Waals surface area contributed by atoms with E-state index < -0.39 is 9.84 Å². The topological polar surface area (TPSA) is 37.4 Å². The minimum Gasteiger partial charge on any atom is -0.283 e. The fraction of sp³-hybridized carbons (Fsp3) is 1.00. The van der Waals surface area contributed by atoms with Gasteiger partial charge in [0.2, 0.25) is 0 Å². The summed E-state index contributed by atoms with van der Waals surface area (Å²) in [5.41, 5.74) is 0.0356. The van der Waals surface area contributed by atoms with Gasteiger partial charge < -0.3 is 0 Å². The first-order valence-electron chi connectivity index (χ1n) is 5.09. The number of hydrogen-bond donors (Lipinski definition) is 0. The highest BCUT2D eigenvalue weighted by Gasteiger charge is 2.42. The molecule has 0 N–H and O–H groups in total. The summed E-state index contributed by atoms with van der Waals surface area (Å²) in [6.45, 7) is 10.4. The maximum absolute atomic E-state index is 11.6. The SMILES string of the molecule is CC(C)N1CS(=O)(=O)CC1C(C)(C)C. The standard InChI is InChI=1S/C10H21NO2S/c1-8(2)11-7-14(12,13)6-9(11)10(3,4)5/h8-9H,6-7H2,1-5H3. The van der Waals surface area contributed by atoms with Gasteiger partial charge in [-0.1, -0.05) is 20.8 Å². The molecule has 1 aliphatic rings. The molecule has 1 heterocycles. The molecule has 4 heteroatoms. The molecule has 0 saturated carbocycles. The summed E-state index contributed by atoms with van der Waals surface area (Å²) in [4.78, 5) is 2.09. The second kappa shape index (κ2) is 3.49. The van der Waals surface area contributed by atoms with Crippen molar-refractivity contribution in [2.45, 2.75) is 46.7 Å². The van der Waals surface area contributed by atoms with E-state index in [2.05, 4.69) is 39.5 Å². The van der Waals surface area contributed by atoms with Crippen LogP contribution in [0.2, 0.25) is 0 Å². The van der Waals surface area contributed by atoms with Crippen molar-refractivity contribution < 1.29 is 8.42 Å². The number of rotatable bonds is 1. The fourth-order valence-corrected chi connectivity index (χ4v) is 4.17. The van der Waals surface area contributed by atoms with Crippen LogP contribution in [0, 0.1) is 5.41 Å². The van der Waals surface area contributed by atoms with Crippen molar-refractivity contribution in [2.75, 3.05) is 11.6 Å². The Morgan fingerprint density at radius 2 is 1.79 bits per heavy atom. The largest absolute Gasteiger partial charge is 0.283 e. The molecule has 0 aromatic heterocycles. The van der Waals surface area contributed by atoms with E-state index in [1.807, 2.05) is 0 Å². The molecule has 0 aromatic rings. The lowest BCUT2D eigenvalue weighted by Crippen LogP contribution is -2.44. The smallest absolute Gasteiger partial charge is 0.165 e. The van der Waals surface area contributed by atoms with Crippen molar-refractivity contribution in [1.29, 1.82) is 0 Å². The van der Waals surface area contributed by atoms with Crippen LogP contribution in [0.3, 0.4) is 0 Å². The van der Waals surface area contributed by atoms with E-state index in [9.17, 15) is 8.42 Å². The van der Waals surface area contributed by atoms with Crippen LogP contribution in [-0.4, -0.2) is 37.0 Å². The minimum absolute atomic E-state index is 0.0356. The molecule has 0 aromatic carbocycles. The van der Waals surface area contributed by atoms with E-state index in [0.29, 0.717) is 11.8 Å². The summed E-state index contributed by atoms with van der Waals surface area (Å²) in [5, 5.41) is 0. The number of sulfone groups is 1. The lowest BCUT2D eigenvalue weighted by atomic mass is 9.86. The van der Waals surface area contributed by atoms with Gasteiger partial charge in [-0.3, -0.25) is 4.90 Å². The van der Waals surface area contributed by atoms with Gasteiger partial charge in [-0.05, 0) is 19.3 Å². The lowest BCUT2D eigenvalue weighted by Gasteiger charge is -2.36. The number of nitrogens with zero attached hydrogens (tertiary/aromatic N) is 1. The summed E-state index contributed by atoms with van der Waals surface area (Å²) in [5.74, 6) is 0.543. The Labute approximate surface area is 87.4 Å². The first kappa shape index (κ1) is 12.0. The molecule has 1 saturated heterocycles. The van der Waals surface area contributed by atoms with Crippen molar-refractivity contribution in [1.82, 2.24) is 4.90 Å².